The lowest BCUT2D eigenvalue weighted by Crippen LogP contribution is -2.54. The Kier molecular flexibility index (Phi) is 4.52. The Labute approximate surface area is 125 Å². The molecule has 2 atom stereocenters. The topological polar surface area (TPSA) is 41.6 Å². The molecule has 1 N–H and O–H groups in total. The first-order valence-corrected chi connectivity index (χ1v) is 7.25. The van der Waals surface area contributed by atoms with Crippen molar-refractivity contribution in [3.8, 4) is 0 Å². The van der Waals surface area contributed by atoms with E-state index in [1.165, 1.54) is 12.1 Å². The molecule has 2 rings (SSSR count). The highest BCUT2D eigenvalue weighted by Crippen LogP contribution is 2.22. The Morgan fingerprint density at radius 1 is 1.33 bits per heavy atom. The minimum absolute atomic E-state index is 0.00526. The molecule has 0 spiro atoms. The lowest BCUT2D eigenvalue weighted by Gasteiger charge is -2.39. The first-order chi connectivity index (χ1) is 9.76. The van der Waals surface area contributed by atoms with Crippen LogP contribution in [-0.2, 0) is 4.74 Å². The van der Waals surface area contributed by atoms with Crippen LogP contribution in [0.5, 0.6) is 0 Å². The van der Waals surface area contributed by atoms with Gasteiger partial charge in [-0.1, -0.05) is 12.1 Å². The molecule has 0 aromatic heterocycles. The summed E-state index contributed by atoms with van der Waals surface area (Å²) in [7, 11) is 0. The highest BCUT2D eigenvalue weighted by Gasteiger charge is 2.32. The monoisotopic (exact) mass is 294 g/mol. The predicted octanol–water partition coefficient (Wildman–Crippen LogP) is 3.10. The number of benzene rings is 1. The van der Waals surface area contributed by atoms with E-state index in [1.54, 1.807) is 17.0 Å². The molecule has 1 aliphatic heterocycles. The third-order valence-electron chi connectivity index (χ3n) is 3.47. The van der Waals surface area contributed by atoms with Gasteiger partial charge >= 0.3 is 6.09 Å². The Bertz CT molecular complexity index is 496. The average molecular weight is 294 g/mol. The van der Waals surface area contributed by atoms with Crippen LogP contribution in [0.4, 0.5) is 9.18 Å². The molecule has 0 radical (unpaired) electrons. The first-order valence-electron chi connectivity index (χ1n) is 7.25. The van der Waals surface area contributed by atoms with Gasteiger partial charge in [-0.2, -0.15) is 0 Å². The summed E-state index contributed by atoms with van der Waals surface area (Å²) in [6, 6.07) is 6.43. The van der Waals surface area contributed by atoms with Gasteiger partial charge in [-0.3, -0.25) is 0 Å². The van der Waals surface area contributed by atoms with E-state index in [9.17, 15) is 9.18 Å². The summed E-state index contributed by atoms with van der Waals surface area (Å²) >= 11 is 0. The van der Waals surface area contributed by atoms with Crippen molar-refractivity contribution in [3.63, 3.8) is 0 Å². The van der Waals surface area contributed by atoms with E-state index < -0.39 is 5.60 Å². The standard InChI is InChI=1S/C16H23FN2O2/c1-11-9-18-14(12-5-7-13(17)8-6-12)10-19(11)15(20)21-16(2,3)4/h5-8,11,14,18H,9-10H2,1-4H3. The minimum Gasteiger partial charge on any atom is -0.444 e. The summed E-state index contributed by atoms with van der Waals surface area (Å²) < 4.78 is 18.5. The van der Waals surface area contributed by atoms with Gasteiger partial charge in [0, 0.05) is 19.1 Å². The molecule has 0 bridgehead atoms. The van der Waals surface area contributed by atoms with Crippen molar-refractivity contribution in [1.82, 2.24) is 10.2 Å². The van der Waals surface area contributed by atoms with Crippen molar-refractivity contribution in [2.75, 3.05) is 13.1 Å². The van der Waals surface area contributed by atoms with E-state index in [0.717, 1.165) is 5.56 Å². The van der Waals surface area contributed by atoms with Gasteiger partial charge in [0.2, 0.25) is 0 Å². The highest BCUT2D eigenvalue weighted by molar-refractivity contribution is 5.68. The zero-order chi connectivity index (χ0) is 15.6. The Balaban J connectivity index is 2.08. The second-order valence-corrected chi connectivity index (χ2v) is 6.49. The van der Waals surface area contributed by atoms with Crippen LogP contribution in [0.15, 0.2) is 24.3 Å². The fourth-order valence-electron chi connectivity index (χ4n) is 2.36. The van der Waals surface area contributed by atoms with Crippen LogP contribution in [0, 0.1) is 5.82 Å². The number of hydrogen-bond acceptors (Lipinski definition) is 3. The van der Waals surface area contributed by atoms with Crippen LogP contribution in [0.2, 0.25) is 0 Å². The minimum atomic E-state index is -0.507. The maximum atomic E-state index is 13.0. The molecule has 4 nitrogen and oxygen atoms in total. The number of nitrogens with zero attached hydrogens (tertiary/aromatic N) is 1. The molecule has 5 heteroatoms. The molecule has 1 fully saturated rings. The van der Waals surface area contributed by atoms with Gasteiger partial charge in [0.15, 0.2) is 0 Å². The largest absolute Gasteiger partial charge is 0.444 e. The van der Waals surface area contributed by atoms with Crippen LogP contribution in [0.3, 0.4) is 0 Å². The number of rotatable bonds is 1. The Morgan fingerprint density at radius 2 is 1.95 bits per heavy atom. The number of nitrogens with one attached hydrogen (secondary N) is 1. The summed E-state index contributed by atoms with van der Waals surface area (Å²) in [6.07, 6.45) is -0.302. The number of ether oxygens (including phenoxy) is 1. The van der Waals surface area contributed by atoms with Gasteiger partial charge in [0.1, 0.15) is 11.4 Å². The van der Waals surface area contributed by atoms with Crippen LogP contribution >= 0.6 is 0 Å². The summed E-state index contributed by atoms with van der Waals surface area (Å²) in [5.41, 5.74) is 0.462. The molecule has 0 saturated carbocycles. The molecule has 1 heterocycles. The van der Waals surface area contributed by atoms with Crippen LogP contribution in [-0.4, -0.2) is 35.7 Å². The second kappa shape index (κ2) is 6.02. The normalized spacial score (nSPS) is 23.0. The molecule has 21 heavy (non-hydrogen) atoms. The van der Waals surface area contributed by atoms with Crippen molar-refractivity contribution >= 4 is 6.09 Å². The molecule has 1 saturated heterocycles. The second-order valence-electron chi connectivity index (χ2n) is 6.49. The van der Waals surface area contributed by atoms with Crippen LogP contribution < -0.4 is 5.32 Å². The van der Waals surface area contributed by atoms with E-state index in [2.05, 4.69) is 5.32 Å². The van der Waals surface area contributed by atoms with Gasteiger partial charge in [0.25, 0.3) is 0 Å². The van der Waals surface area contributed by atoms with Crippen molar-refractivity contribution in [2.24, 2.45) is 0 Å². The number of piperazine rings is 1. The molecule has 0 aliphatic carbocycles. The van der Waals surface area contributed by atoms with E-state index in [1.807, 2.05) is 27.7 Å². The zero-order valence-electron chi connectivity index (χ0n) is 13.0. The van der Waals surface area contributed by atoms with Crippen molar-refractivity contribution in [2.45, 2.75) is 45.4 Å². The summed E-state index contributed by atoms with van der Waals surface area (Å²) in [5.74, 6) is -0.257. The molecular weight excluding hydrogens is 271 g/mol. The van der Waals surface area contributed by atoms with Crippen molar-refractivity contribution in [3.05, 3.63) is 35.6 Å². The number of hydrogen-bond donors (Lipinski definition) is 1. The SMILES string of the molecule is CC1CNC(c2ccc(F)cc2)CN1C(=O)OC(C)(C)C. The molecule has 116 valence electrons. The third kappa shape index (κ3) is 4.17. The third-order valence-corrected chi connectivity index (χ3v) is 3.47. The Hall–Kier alpha value is -1.62. The van der Waals surface area contributed by atoms with Crippen LogP contribution in [0.1, 0.15) is 39.3 Å². The fraction of sp³-hybridized carbons (Fsp3) is 0.562. The molecule has 1 aromatic rings. The van der Waals surface area contributed by atoms with Crippen molar-refractivity contribution < 1.29 is 13.9 Å². The smallest absolute Gasteiger partial charge is 0.410 e. The van der Waals surface area contributed by atoms with Gasteiger partial charge in [-0.25, -0.2) is 9.18 Å². The summed E-state index contributed by atoms with van der Waals surface area (Å²) in [5, 5.41) is 3.38. The lowest BCUT2D eigenvalue weighted by molar-refractivity contribution is 0.00957. The van der Waals surface area contributed by atoms with Gasteiger partial charge in [-0.15, -0.1) is 0 Å². The summed E-state index contributed by atoms with van der Waals surface area (Å²) in [4.78, 5) is 14.0. The fourth-order valence-corrected chi connectivity index (χ4v) is 2.36. The maximum absolute atomic E-state index is 13.0. The molecule has 1 aromatic carbocycles. The number of amides is 1. The first kappa shape index (κ1) is 15.8. The molecule has 1 amide bonds. The zero-order valence-corrected chi connectivity index (χ0v) is 13.0. The number of carbonyl (C=O) groups excluding carboxylic acids is 1. The summed E-state index contributed by atoms with van der Waals surface area (Å²) in [6.45, 7) is 8.75. The Morgan fingerprint density at radius 3 is 2.52 bits per heavy atom. The average Bonchev–Trinajstić information content (AvgIpc) is 2.38. The molecule has 1 aliphatic rings. The predicted molar refractivity (Wildman–Crippen MR) is 79.5 cm³/mol. The quantitative estimate of drug-likeness (QED) is 0.865. The lowest BCUT2D eigenvalue weighted by atomic mass is 10.0. The highest BCUT2D eigenvalue weighted by atomic mass is 19.1. The number of carbonyl (C=O) groups is 1. The van der Waals surface area contributed by atoms with E-state index in [-0.39, 0.29) is 24.0 Å². The van der Waals surface area contributed by atoms with Gasteiger partial charge in [0.05, 0.1) is 6.04 Å². The van der Waals surface area contributed by atoms with Crippen LogP contribution in [0.25, 0.3) is 0 Å². The number of halogens is 1. The van der Waals surface area contributed by atoms with E-state index in [0.29, 0.717) is 13.1 Å². The molecule has 2 unspecified atom stereocenters. The van der Waals surface area contributed by atoms with Crippen molar-refractivity contribution in [1.29, 1.82) is 0 Å². The molecular formula is C16H23FN2O2. The maximum Gasteiger partial charge on any atom is 0.410 e. The van der Waals surface area contributed by atoms with Gasteiger partial charge in [-0.05, 0) is 45.4 Å². The van der Waals surface area contributed by atoms with Gasteiger partial charge < -0.3 is 15.0 Å². The van der Waals surface area contributed by atoms with E-state index >= 15 is 0 Å². The van der Waals surface area contributed by atoms with E-state index in [4.69, 9.17) is 4.74 Å².